The molecule has 0 aliphatic carbocycles. The molecule has 2 rings (SSSR count). The van der Waals surface area contributed by atoms with Crippen molar-refractivity contribution < 1.29 is 9.66 Å². The van der Waals surface area contributed by atoms with Crippen LogP contribution in [0.3, 0.4) is 0 Å². The molecule has 0 fully saturated rings. The molecular weight excluding hydrogens is 270 g/mol. The summed E-state index contributed by atoms with van der Waals surface area (Å²) in [6.07, 6.45) is 1.53. The third-order valence-corrected chi connectivity index (χ3v) is 3.02. The van der Waals surface area contributed by atoms with Gasteiger partial charge >= 0.3 is 0 Å². The van der Waals surface area contributed by atoms with Crippen molar-refractivity contribution in [3.8, 4) is 11.8 Å². The number of nitrogens with zero attached hydrogens (tertiary/aromatic N) is 3. The Morgan fingerprint density at radius 1 is 1.33 bits per heavy atom. The Morgan fingerprint density at radius 2 is 2.10 bits per heavy atom. The molecule has 0 aliphatic heterocycles. The Kier molecular flexibility index (Phi) is 4.14. The van der Waals surface area contributed by atoms with Crippen LogP contribution in [0, 0.1) is 35.3 Å². The van der Waals surface area contributed by atoms with E-state index in [4.69, 9.17) is 10.00 Å². The predicted octanol–water partition coefficient (Wildman–Crippen LogP) is 3.06. The van der Waals surface area contributed by atoms with Gasteiger partial charge in [0.25, 0.3) is 5.69 Å². The highest BCUT2D eigenvalue weighted by Gasteiger charge is 2.14. The number of hydrogen-bond acceptors (Lipinski definition) is 5. The summed E-state index contributed by atoms with van der Waals surface area (Å²) >= 11 is 0. The Labute approximate surface area is 121 Å². The van der Waals surface area contributed by atoms with Crippen LogP contribution in [0.5, 0.6) is 5.75 Å². The van der Waals surface area contributed by atoms with E-state index in [1.807, 2.05) is 13.0 Å². The van der Waals surface area contributed by atoms with Crippen LogP contribution >= 0.6 is 0 Å². The SMILES string of the molecule is Cc1cc(C)c([N+](=O)[O-])cc1OCc1ccnc(C#N)c1. The second-order valence-corrected chi connectivity index (χ2v) is 4.61. The minimum atomic E-state index is -0.429. The van der Waals surface area contributed by atoms with Gasteiger partial charge in [-0.1, -0.05) is 0 Å². The molecular formula is C15H13N3O3. The third kappa shape index (κ3) is 3.34. The van der Waals surface area contributed by atoms with Gasteiger partial charge in [-0.15, -0.1) is 0 Å². The molecule has 0 N–H and O–H groups in total. The lowest BCUT2D eigenvalue weighted by molar-refractivity contribution is -0.385. The summed E-state index contributed by atoms with van der Waals surface area (Å²) in [5.41, 5.74) is 2.54. The zero-order valence-corrected chi connectivity index (χ0v) is 11.7. The van der Waals surface area contributed by atoms with Crippen LogP contribution in [0.4, 0.5) is 5.69 Å². The first-order valence-corrected chi connectivity index (χ1v) is 6.24. The van der Waals surface area contributed by atoms with E-state index >= 15 is 0 Å². The minimum absolute atomic E-state index is 0.0306. The molecule has 6 heteroatoms. The van der Waals surface area contributed by atoms with Crippen molar-refractivity contribution in [2.75, 3.05) is 0 Å². The molecule has 21 heavy (non-hydrogen) atoms. The summed E-state index contributed by atoms with van der Waals surface area (Å²) in [6.45, 7) is 3.74. The quantitative estimate of drug-likeness (QED) is 0.635. The third-order valence-electron chi connectivity index (χ3n) is 3.02. The highest BCUT2D eigenvalue weighted by molar-refractivity contribution is 5.49. The Balaban J connectivity index is 2.22. The zero-order chi connectivity index (χ0) is 15.4. The smallest absolute Gasteiger partial charge is 0.276 e. The van der Waals surface area contributed by atoms with Gasteiger partial charge in [0, 0.05) is 11.8 Å². The highest BCUT2D eigenvalue weighted by atomic mass is 16.6. The molecule has 0 atom stereocenters. The number of benzene rings is 1. The fraction of sp³-hybridized carbons (Fsp3) is 0.200. The van der Waals surface area contributed by atoms with Crippen molar-refractivity contribution in [2.24, 2.45) is 0 Å². The van der Waals surface area contributed by atoms with Crippen molar-refractivity contribution in [1.82, 2.24) is 4.98 Å². The number of aromatic nitrogens is 1. The number of nitriles is 1. The minimum Gasteiger partial charge on any atom is -0.488 e. The molecule has 0 saturated carbocycles. The van der Waals surface area contributed by atoms with Crippen molar-refractivity contribution >= 4 is 5.69 Å². The fourth-order valence-corrected chi connectivity index (χ4v) is 1.96. The molecule has 0 spiro atoms. The lowest BCUT2D eigenvalue weighted by atomic mass is 10.1. The fourth-order valence-electron chi connectivity index (χ4n) is 1.96. The number of aryl methyl sites for hydroxylation is 2. The Bertz CT molecular complexity index is 735. The maximum absolute atomic E-state index is 10.9. The summed E-state index contributed by atoms with van der Waals surface area (Å²) < 4.78 is 5.63. The molecule has 106 valence electrons. The first-order chi connectivity index (χ1) is 10.0. The number of nitro groups is 1. The Morgan fingerprint density at radius 3 is 2.76 bits per heavy atom. The van der Waals surface area contributed by atoms with Gasteiger partial charge in [-0.3, -0.25) is 10.1 Å². The van der Waals surface area contributed by atoms with E-state index in [2.05, 4.69) is 4.98 Å². The first-order valence-electron chi connectivity index (χ1n) is 6.24. The van der Waals surface area contributed by atoms with E-state index in [0.29, 0.717) is 17.0 Å². The normalized spacial score (nSPS) is 9.95. The van der Waals surface area contributed by atoms with Gasteiger partial charge in [-0.05, 0) is 43.2 Å². The number of nitro benzene ring substituents is 1. The number of hydrogen-bond donors (Lipinski definition) is 0. The summed E-state index contributed by atoms with van der Waals surface area (Å²) in [5.74, 6) is 0.461. The average molecular weight is 283 g/mol. The van der Waals surface area contributed by atoms with Gasteiger partial charge in [-0.2, -0.15) is 5.26 Å². The van der Waals surface area contributed by atoms with Crippen LogP contribution in [-0.2, 0) is 6.61 Å². The van der Waals surface area contributed by atoms with Crippen molar-refractivity contribution in [2.45, 2.75) is 20.5 Å². The standard InChI is InChI=1S/C15H13N3O3/c1-10-5-11(2)15(7-14(10)18(19)20)21-9-12-3-4-17-13(6-12)8-16/h3-7H,9H2,1-2H3. The number of pyridine rings is 1. The molecule has 0 amide bonds. The maximum Gasteiger partial charge on any atom is 0.276 e. The van der Waals surface area contributed by atoms with E-state index in [0.717, 1.165) is 11.1 Å². The second kappa shape index (κ2) is 6.01. The monoisotopic (exact) mass is 283 g/mol. The zero-order valence-electron chi connectivity index (χ0n) is 11.7. The summed E-state index contributed by atoms with van der Waals surface area (Å²) in [4.78, 5) is 14.4. The average Bonchev–Trinajstić information content (AvgIpc) is 2.46. The van der Waals surface area contributed by atoms with Crippen LogP contribution in [0.2, 0.25) is 0 Å². The highest BCUT2D eigenvalue weighted by Crippen LogP contribution is 2.28. The van der Waals surface area contributed by atoms with Crippen molar-refractivity contribution in [3.05, 3.63) is 63.0 Å². The van der Waals surface area contributed by atoms with Crippen LogP contribution in [0.15, 0.2) is 30.5 Å². The van der Waals surface area contributed by atoms with Gasteiger partial charge in [0.05, 0.1) is 11.0 Å². The molecule has 1 aromatic carbocycles. The molecule has 0 unspecified atom stereocenters. The van der Waals surface area contributed by atoms with E-state index in [1.54, 1.807) is 25.1 Å². The van der Waals surface area contributed by atoms with Crippen LogP contribution < -0.4 is 4.74 Å². The molecule has 2 aromatic rings. The largest absolute Gasteiger partial charge is 0.488 e. The molecule has 1 aromatic heterocycles. The molecule has 0 radical (unpaired) electrons. The molecule has 6 nitrogen and oxygen atoms in total. The summed E-state index contributed by atoms with van der Waals surface area (Å²) in [5, 5.41) is 19.7. The van der Waals surface area contributed by atoms with E-state index in [-0.39, 0.29) is 12.3 Å². The lowest BCUT2D eigenvalue weighted by Crippen LogP contribution is -2.00. The van der Waals surface area contributed by atoms with Gasteiger partial charge in [0.1, 0.15) is 24.1 Å². The molecule has 0 saturated heterocycles. The first kappa shape index (κ1) is 14.5. The van der Waals surface area contributed by atoms with E-state index in [1.165, 1.54) is 12.3 Å². The molecule has 1 heterocycles. The predicted molar refractivity (Wildman–Crippen MR) is 75.9 cm³/mol. The summed E-state index contributed by atoms with van der Waals surface area (Å²) in [7, 11) is 0. The Hall–Kier alpha value is -2.94. The van der Waals surface area contributed by atoms with Gasteiger partial charge in [-0.25, -0.2) is 4.98 Å². The second-order valence-electron chi connectivity index (χ2n) is 4.61. The van der Waals surface area contributed by atoms with E-state index < -0.39 is 4.92 Å². The topological polar surface area (TPSA) is 89.1 Å². The van der Waals surface area contributed by atoms with Crippen LogP contribution in [0.25, 0.3) is 0 Å². The van der Waals surface area contributed by atoms with Crippen molar-refractivity contribution in [1.29, 1.82) is 5.26 Å². The van der Waals surface area contributed by atoms with Crippen molar-refractivity contribution in [3.63, 3.8) is 0 Å². The molecule has 0 bridgehead atoms. The van der Waals surface area contributed by atoms with Crippen LogP contribution in [0.1, 0.15) is 22.4 Å². The summed E-state index contributed by atoms with van der Waals surface area (Å²) in [6, 6.07) is 8.46. The van der Waals surface area contributed by atoms with Gasteiger partial charge < -0.3 is 4.74 Å². The van der Waals surface area contributed by atoms with E-state index in [9.17, 15) is 10.1 Å². The maximum atomic E-state index is 10.9. The number of rotatable bonds is 4. The number of ether oxygens (including phenoxy) is 1. The lowest BCUT2D eigenvalue weighted by Gasteiger charge is -2.10. The van der Waals surface area contributed by atoms with Gasteiger partial charge in [0.15, 0.2) is 0 Å². The van der Waals surface area contributed by atoms with Gasteiger partial charge in [0.2, 0.25) is 0 Å². The molecule has 0 aliphatic rings. The van der Waals surface area contributed by atoms with Crippen LogP contribution in [-0.4, -0.2) is 9.91 Å².